The van der Waals surface area contributed by atoms with E-state index in [1.54, 1.807) is 0 Å². The summed E-state index contributed by atoms with van der Waals surface area (Å²) in [5.41, 5.74) is -1.18. The van der Waals surface area contributed by atoms with Gasteiger partial charge in [-0.05, 0) is 46.3 Å². The van der Waals surface area contributed by atoms with E-state index < -0.39 is 11.1 Å². The minimum atomic E-state index is -0.680. The van der Waals surface area contributed by atoms with E-state index in [9.17, 15) is 10.0 Å². The van der Waals surface area contributed by atoms with Gasteiger partial charge >= 0.3 is 0 Å². The molecule has 0 aromatic carbocycles. The van der Waals surface area contributed by atoms with E-state index in [1.807, 2.05) is 27.7 Å². The lowest BCUT2D eigenvalue weighted by atomic mass is 9.86. The summed E-state index contributed by atoms with van der Waals surface area (Å²) in [6, 6.07) is 0. The number of amides is 1. The van der Waals surface area contributed by atoms with Crippen LogP contribution in [0.25, 0.3) is 0 Å². The van der Waals surface area contributed by atoms with Gasteiger partial charge in [0.05, 0.1) is 17.6 Å². The summed E-state index contributed by atoms with van der Waals surface area (Å²) in [7, 11) is 0. The van der Waals surface area contributed by atoms with Crippen molar-refractivity contribution in [1.29, 1.82) is 0 Å². The third-order valence-electron chi connectivity index (χ3n) is 3.53. The van der Waals surface area contributed by atoms with Gasteiger partial charge < -0.3 is 15.6 Å². The molecular formula is C12H20N3O2S-. The zero-order valence-corrected chi connectivity index (χ0v) is 12.1. The second kappa shape index (κ2) is 5.45. The van der Waals surface area contributed by atoms with Crippen LogP contribution < -0.4 is 5.32 Å². The SMILES string of the molecule is CC1(C)CC(C(=O)NCCN=C=S)C(C)(C)N1[O-]. The maximum Gasteiger partial charge on any atom is 0.225 e. The van der Waals surface area contributed by atoms with E-state index in [-0.39, 0.29) is 11.8 Å². The van der Waals surface area contributed by atoms with Gasteiger partial charge in [-0.2, -0.15) is 0 Å². The van der Waals surface area contributed by atoms with Crippen LogP contribution in [-0.4, -0.2) is 40.3 Å². The Labute approximate surface area is 113 Å². The second-order valence-electron chi connectivity index (χ2n) is 5.78. The first-order valence-electron chi connectivity index (χ1n) is 6.02. The van der Waals surface area contributed by atoms with Crippen LogP contribution in [0.15, 0.2) is 4.99 Å². The predicted octanol–water partition coefficient (Wildman–Crippen LogP) is 1.58. The molecule has 0 aliphatic carbocycles. The van der Waals surface area contributed by atoms with Gasteiger partial charge in [-0.25, -0.2) is 4.99 Å². The van der Waals surface area contributed by atoms with Gasteiger partial charge in [0.1, 0.15) is 0 Å². The van der Waals surface area contributed by atoms with Crippen LogP contribution in [0, 0.1) is 11.1 Å². The normalized spacial score (nSPS) is 25.5. The van der Waals surface area contributed by atoms with Crippen molar-refractivity contribution in [3.63, 3.8) is 0 Å². The minimum Gasteiger partial charge on any atom is -0.784 e. The molecule has 6 heteroatoms. The molecular weight excluding hydrogens is 250 g/mol. The van der Waals surface area contributed by atoms with Crippen molar-refractivity contribution < 1.29 is 4.79 Å². The number of aliphatic imine (C=N–C) groups is 1. The minimum absolute atomic E-state index is 0.0917. The Morgan fingerprint density at radius 2 is 2.17 bits per heavy atom. The second-order valence-corrected chi connectivity index (χ2v) is 5.96. The lowest BCUT2D eigenvalue weighted by molar-refractivity contribution is -0.126. The first-order chi connectivity index (χ1) is 8.23. The van der Waals surface area contributed by atoms with Crippen LogP contribution in [0.4, 0.5) is 0 Å². The average Bonchev–Trinajstić information content (AvgIpc) is 2.45. The first kappa shape index (κ1) is 15.2. The summed E-state index contributed by atoms with van der Waals surface area (Å²) in [5.74, 6) is -0.396. The summed E-state index contributed by atoms with van der Waals surface area (Å²) in [6.45, 7) is 8.21. The number of nitrogens with zero attached hydrogens (tertiary/aromatic N) is 2. The van der Waals surface area contributed by atoms with Gasteiger partial charge in [0, 0.05) is 17.6 Å². The number of isothiocyanates is 1. The molecule has 5 nitrogen and oxygen atoms in total. The van der Waals surface area contributed by atoms with Crippen molar-refractivity contribution in [3.05, 3.63) is 5.21 Å². The van der Waals surface area contributed by atoms with Crippen LogP contribution in [0.1, 0.15) is 34.1 Å². The van der Waals surface area contributed by atoms with Crippen molar-refractivity contribution in [1.82, 2.24) is 10.4 Å². The van der Waals surface area contributed by atoms with Crippen molar-refractivity contribution in [2.24, 2.45) is 10.9 Å². The van der Waals surface area contributed by atoms with E-state index in [4.69, 9.17) is 0 Å². The van der Waals surface area contributed by atoms with E-state index in [0.29, 0.717) is 19.5 Å². The molecule has 1 atom stereocenters. The number of rotatable bonds is 4. The molecule has 0 radical (unpaired) electrons. The molecule has 18 heavy (non-hydrogen) atoms. The Morgan fingerprint density at radius 1 is 1.56 bits per heavy atom. The van der Waals surface area contributed by atoms with Crippen LogP contribution in [-0.2, 0) is 4.79 Å². The van der Waals surface area contributed by atoms with Crippen molar-refractivity contribution >= 4 is 23.3 Å². The van der Waals surface area contributed by atoms with Gasteiger partial charge in [-0.1, -0.05) is 0 Å². The highest BCUT2D eigenvalue weighted by molar-refractivity contribution is 7.78. The molecule has 1 aliphatic heterocycles. The summed E-state index contributed by atoms with van der Waals surface area (Å²) in [5, 5.41) is 18.2. The molecule has 1 aliphatic rings. The van der Waals surface area contributed by atoms with Gasteiger partial charge in [0.15, 0.2) is 0 Å². The van der Waals surface area contributed by atoms with Crippen LogP contribution in [0.5, 0.6) is 0 Å². The van der Waals surface area contributed by atoms with E-state index in [1.165, 1.54) is 0 Å². The molecule has 1 amide bonds. The standard InChI is InChI=1S/C12H20N3O2S/c1-11(2)7-9(12(3,4)15(11)17)10(16)14-6-5-13-8-18/h9H,5-7H2,1-4H3,(H,14,16)/q-1. The smallest absolute Gasteiger partial charge is 0.225 e. The summed E-state index contributed by atoms with van der Waals surface area (Å²) >= 11 is 4.44. The molecule has 1 heterocycles. The number of hydrogen-bond acceptors (Lipinski definition) is 5. The lowest BCUT2D eigenvalue weighted by Crippen LogP contribution is -2.48. The topological polar surface area (TPSA) is 67.8 Å². The molecule has 0 spiro atoms. The van der Waals surface area contributed by atoms with Gasteiger partial charge in [-0.15, -0.1) is 0 Å². The Balaban J connectivity index is 2.66. The molecule has 0 aromatic heterocycles. The van der Waals surface area contributed by atoms with Crippen molar-refractivity contribution in [2.45, 2.75) is 45.2 Å². The summed E-state index contributed by atoms with van der Waals surface area (Å²) in [4.78, 5) is 15.8. The number of hydrogen-bond donors (Lipinski definition) is 1. The van der Waals surface area contributed by atoms with E-state index in [2.05, 4.69) is 27.7 Å². The quantitative estimate of drug-likeness (QED) is 0.478. The Kier molecular flexibility index (Phi) is 4.61. The van der Waals surface area contributed by atoms with Crippen molar-refractivity contribution in [3.8, 4) is 0 Å². The Bertz CT molecular complexity index is 376. The molecule has 102 valence electrons. The highest BCUT2D eigenvalue weighted by atomic mass is 32.1. The molecule has 1 unspecified atom stereocenters. The molecule has 1 rings (SSSR count). The molecule has 1 fully saturated rings. The number of carbonyl (C=O) groups is 1. The highest BCUT2D eigenvalue weighted by Gasteiger charge is 2.49. The van der Waals surface area contributed by atoms with Gasteiger partial charge in [-0.3, -0.25) is 4.79 Å². The third kappa shape index (κ3) is 2.95. The fourth-order valence-corrected chi connectivity index (χ4v) is 2.66. The maximum atomic E-state index is 12.1. The number of nitrogens with one attached hydrogen (secondary N) is 1. The molecule has 1 saturated heterocycles. The average molecular weight is 270 g/mol. The van der Waals surface area contributed by atoms with Crippen molar-refractivity contribution in [2.75, 3.05) is 13.1 Å². The van der Waals surface area contributed by atoms with E-state index >= 15 is 0 Å². The van der Waals surface area contributed by atoms with E-state index in [0.717, 1.165) is 5.06 Å². The number of carbonyl (C=O) groups excluding carboxylic acids is 1. The predicted molar refractivity (Wildman–Crippen MR) is 74.4 cm³/mol. The zero-order valence-electron chi connectivity index (χ0n) is 11.3. The van der Waals surface area contributed by atoms with Crippen LogP contribution in [0.2, 0.25) is 0 Å². The highest BCUT2D eigenvalue weighted by Crippen LogP contribution is 2.44. The Morgan fingerprint density at radius 3 is 2.61 bits per heavy atom. The first-order valence-corrected chi connectivity index (χ1v) is 6.43. The molecule has 1 N–H and O–H groups in total. The Hall–Kier alpha value is -0.810. The van der Waals surface area contributed by atoms with Crippen LogP contribution >= 0.6 is 12.2 Å². The monoisotopic (exact) mass is 270 g/mol. The maximum absolute atomic E-state index is 12.1. The molecule has 0 bridgehead atoms. The zero-order chi connectivity index (χ0) is 14.0. The fraction of sp³-hybridized carbons (Fsp3) is 0.833. The summed E-state index contributed by atoms with van der Waals surface area (Å²) in [6.07, 6.45) is 0.561. The van der Waals surface area contributed by atoms with Gasteiger partial charge in [0.25, 0.3) is 0 Å². The summed E-state index contributed by atoms with van der Waals surface area (Å²) < 4.78 is 0. The molecule has 0 aromatic rings. The fourth-order valence-electron chi connectivity index (χ4n) is 2.57. The third-order valence-corrected chi connectivity index (χ3v) is 3.66. The largest absolute Gasteiger partial charge is 0.784 e. The number of hydroxylamine groups is 2. The molecule has 0 saturated carbocycles. The lowest BCUT2D eigenvalue weighted by Gasteiger charge is -2.47. The van der Waals surface area contributed by atoms with Gasteiger partial charge in [0.2, 0.25) is 5.91 Å². The van der Waals surface area contributed by atoms with Crippen LogP contribution in [0.3, 0.4) is 0 Å². The number of thiocarbonyl (C=S) groups is 1.